The molecule has 1 aromatic rings. The van der Waals surface area contributed by atoms with Gasteiger partial charge in [0, 0.05) is 45.7 Å². The molecule has 1 aromatic carbocycles. The Morgan fingerprint density at radius 3 is 2.52 bits per heavy atom. The van der Waals surface area contributed by atoms with Crippen LogP contribution in [0.15, 0.2) is 18.2 Å². The van der Waals surface area contributed by atoms with Crippen molar-refractivity contribution in [2.24, 2.45) is 0 Å². The van der Waals surface area contributed by atoms with Crippen molar-refractivity contribution in [1.82, 2.24) is 10.2 Å². The van der Waals surface area contributed by atoms with Crippen molar-refractivity contribution in [1.29, 1.82) is 0 Å². The average molecular weight is 294 g/mol. The molecule has 0 radical (unpaired) electrons. The lowest BCUT2D eigenvalue weighted by Crippen LogP contribution is -2.22. The molecule has 0 heterocycles. The number of nitrogens with zero attached hydrogens (tertiary/aromatic N) is 2. The van der Waals surface area contributed by atoms with Crippen molar-refractivity contribution in [3.8, 4) is 0 Å². The molecular weight excluding hydrogens is 276 g/mol. The van der Waals surface area contributed by atoms with Crippen molar-refractivity contribution in [2.45, 2.75) is 6.42 Å². The van der Waals surface area contributed by atoms with Gasteiger partial charge in [-0.2, -0.15) is 0 Å². The highest BCUT2D eigenvalue weighted by molar-refractivity contribution is 5.95. The first kappa shape index (κ1) is 16.4. The topological polar surface area (TPSA) is 105 Å². The van der Waals surface area contributed by atoms with Gasteiger partial charge in [0.1, 0.15) is 5.69 Å². The van der Waals surface area contributed by atoms with Crippen LogP contribution in [0.2, 0.25) is 0 Å². The lowest BCUT2D eigenvalue weighted by molar-refractivity contribution is -0.384. The van der Waals surface area contributed by atoms with Crippen molar-refractivity contribution < 1.29 is 14.5 Å². The van der Waals surface area contributed by atoms with E-state index in [2.05, 4.69) is 10.6 Å². The summed E-state index contributed by atoms with van der Waals surface area (Å²) in [6.07, 6.45) is 0.200. The first-order valence-electron chi connectivity index (χ1n) is 6.31. The van der Waals surface area contributed by atoms with E-state index in [9.17, 15) is 19.7 Å². The van der Waals surface area contributed by atoms with Crippen LogP contribution in [0.1, 0.15) is 16.8 Å². The fourth-order valence-corrected chi connectivity index (χ4v) is 1.66. The maximum atomic E-state index is 11.8. The van der Waals surface area contributed by atoms with Crippen LogP contribution in [0, 0.1) is 10.1 Å². The summed E-state index contributed by atoms with van der Waals surface area (Å²) < 4.78 is 0. The molecule has 0 unspecified atom stereocenters. The van der Waals surface area contributed by atoms with E-state index in [1.54, 1.807) is 14.1 Å². The van der Waals surface area contributed by atoms with Crippen molar-refractivity contribution >= 4 is 23.2 Å². The molecule has 8 nitrogen and oxygen atoms in total. The van der Waals surface area contributed by atoms with E-state index in [4.69, 9.17) is 0 Å². The second kappa shape index (κ2) is 7.22. The lowest BCUT2D eigenvalue weighted by atomic mass is 10.1. The second-order valence-corrected chi connectivity index (χ2v) is 4.54. The molecule has 2 amide bonds. The van der Waals surface area contributed by atoms with E-state index >= 15 is 0 Å². The maximum absolute atomic E-state index is 11.8. The molecule has 0 fully saturated rings. The van der Waals surface area contributed by atoms with Crippen LogP contribution < -0.4 is 10.6 Å². The molecule has 0 saturated heterocycles. The summed E-state index contributed by atoms with van der Waals surface area (Å²) in [6.45, 7) is 0.265. The highest BCUT2D eigenvalue weighted by Gasteiger charge is 2.18. The van der Waals surface area contributed by atoms with Gasteiger partial charge in [-0.15, -0.1) is 0 Å². The van der Waals surface area contributed by atoms with E-state index < -0.39 is 4.92 Å². The smallest absolute Gasteiger partial charge is 0.293 e. The molecule has 2 N–H and O–H groups in total. The first-order chi connectivity index (χ1) is 9.86. The van der Waals surface area contributed by atoms with Gasteiger partial charge in [0.05, 0.1) is 4.92 Å². The van der Waals surface area contributed by atoms with E-state index in [-0.39, 0.29) is 41.7 Å². The van der Waals surface area contributed by atoms with Gasteiger partial charge < -0.3 is 15.5 Å². The molecule has 0 saturated carbocycles. The Kier molecular flexibility index (Phi) is 5.65. The largest absolute Gasteiger partial charge is 0.379 e. The highest BCUT2D eigenvalue weighted by Crippen LogP contribution is 2.26. The van der Waals surface area contributed by atoms with Crippen LogP contribution in [0.5, 0.6) is 0 Å². The summed E-state index contributed by atoms with van der Waals surface area (Å²) in [6, 6.07) is 4.21. The van der Waals surface area contributed by atoms with E-state index in [0.29, 0.717) is 0 Å². The van der Waals surface area contributed by atoms with E-state index in [1.165, 1.54) is 30.1 Å². The van der Waals surface area contributed by atoms with Crippen LogP contribution in [0.4, 0.5) is 11.4 Å². The molecule has 0 aliphatic carbocycles. The van der Waals surface area contributed by atoms with Gasteiger partial charge in [0.25, 0.3) is 11.6 Å². The Hall–Kier alpha value is -2.64. The SMILES string of the molecule is CNC(=O)CCNc1ccc(C(=O)N(C)C)cc1[N+](=O)[O-]. The first-order valence-corrected chi connectivity index (χ1v) is 6.31. The zero-order chi connectivity index (χ0) is 16.0. The molecule has 0 atom stereocenters. The number of amides is 2. The number of carbonyl (C=O) groups excluding carboxylic acids is 2. The molecule has 8 heteroatoms. The molecule has 1 rings (SSSR count). The summed E-state index contributed by atoms with van der Waals surface area (Å²) in [4.78, 5) is 34.8. The maximum Gasteiger partial charge on any atom is 0.293 e. The van der Waals surface area contributed by atoms with Crippen molar-refractivity contribution in [2.75, 3.05) is 33.0 Å². The predicted molar refractivity (Wildman–Crippen MR) is 78.3 cm³/mol. The van der Waals surface area contributed by atoms with Crippen LogP contribution >= 0.6 is 0 Å². The number of hydrogen-bond acceptors (Lipinski definition) is 5. The minimum atomic E-state index is -0.561. The Bertz CT molecular complexity index is 557. The van der Waals surface area contributed by atoms with Gasteiger partial charge in [-0.1, -0.05) is 0 Å². The van der Waals surface area contributed by atoms with Gasteiger partial charge in [-0.05, 0) is 12.1 Å². The number of nitrogens with one attached hydrogen (secondary N) is 2. The Morgan fingerprint density at radius 2 is 2.00 bits per heavy atom. The molecule has 0 aliphatic heterocycles. The summed E-state index contributed by atoms with van der Waals surface area (Å²) in [5.41, 5.74) is 0.322. The van der Waals surface area contributed by atoms with Crippen LogP contribution in [0.3, 0.4) is 0 Å². The summed E-state index contributed by atoms with van der Waals surface area (Å²) in [5.74, 6) is -0.473. The molecule has 0 spiro atoms. The number of carbonyl (C=O) groups is 2. The molecule has 21 heavy (non-hydrogen) atoms. The van der Waals surface area contributed by atoms with Crippen LogP contribution in [0.25, 0.3) is 0 Å². The minimum absolute atomic E-state index is 0.162. The fraction of sp³-hybridized carbons (Fsp3) is 0.385. The quantitative estimate of drug-likeness (QED) is 0.597. The standard InChI is InChI=1S/C13H18N4O4/c1-14-12(18)6-7-15-10-5-4-9(13(19)16(2)3)8-11(10)17(20)21/h4-5,8,15H,6-7H2,1-3H3,(H,14,18). The van der Waals surface area contributed by atoms with Gasteiger partial charge in [-0.3, -0.25) is 19.7 Å². The molecule has 0 aliphatic rings. The second-order valence-electron chi connectivity index (χ2n) is 4.54. The number of anilines is 1. The summed E-state index contributed by atoms with van der Waals surface area (Å²) >= 11 is 0. The summed E-state index contributed by atoms with van der Waals surface area (Å²) in [7, 11) is 4.67. The number of nitro groups is 1. The zero-order valence-corrected chi connectivity index (χ0v) is 12.2. The highest BCUT2D eigenvalue weighted by atomic mass is 16.6. The number of nitro benzene ring substituents is 1. The molecule has 0 aromatic heterocycles. The van der Waals surface area contributed by atoms with Gasteiger partial charge in [0.15, 0.2) is 0 Å². The molecule has 114 valence electrons. The zero-order valence-electron chi connectivity index (χ0n) is 12.2. The molecule has 0 bridgehead atoms. The average Bonchev–Trinajstić information content (AvgIpc) is 2.46. The third kappa shape index (κ3) is 4.44. The van der Waals surface area contributed by atoms with Crippen LogP contribution in [-0.2, 0) is 4.79 Å². The van der Waals surface area contributed by atoms with Gasteiger partial charge in [-0.25, -0.2) is 0 Å². The van der Waals surface area contributed by atoms with E-state index in [0.717, 1.165) is 0 Å². The van der Waals surface area contributed by atoms with Crippen molar-refractivity contribution in [3.63, 3.8) is 0 Å². The van der Waals surface area contributed by atoms with E-state index in [1.807, 2.05) is 0 Å². The van der Waals surface area contributed by atoms with Gasteiger partial charge >= 0.3 is 0 Å². The minimum Gasteiger partial charge on any atom is -0.379 e. The Labute approximate surface area is 122 Å². The summed E-state index contributed by atoms with van der Waals surface area (Å²) in [5, 5.41) is 16.4. The Balaban J connectivity index is 2.92. The normalized spacial score (nSPS) is 9.86. The molecular formula is C13H18N4O4. The fourth-order valence-electron chi connectivity index (χ4n) is 1.66. The predicted octanol–water partition coefficient (Wildman–Crippen LogP) is 0.845. The third-order valence-corrected chi connectivity index (χ3v) is 2.79. The Morgan fingerprint density at radius 1 is 1.33 bits per heavy atom. The van der Waals surface area contributed by atoms with Crippen molar-refractivity contribution in [3.05, 3.63) is 33.9 Å². The van der Waals surface area contributed by atoms with Crippen LogP contribution in [-0.4, -0.2) is 49.3 Å². The lowest BCUT2D eigenvalue weighted by Gasteiger charge is -2.11. The number of benzene rings is 1. The third-order valence-electron chi connectivity index (χ3n) is 2.79. The monoisotopic (exact) mass is 294 g/mol. The number of rotatable bonds is 6. The van der Waals surface area contributed by atoms with Gasteiger partial charge in [0.2, 0.25) is 5.91 Å². The number of hydrogen-bond donors (Lipinski definition) is 2.